The Bertz CT molecular complexity index is 637. The molecule has 1 amide bonds. The summed E-state index contributed by atoms with van der Waals surface area (Å²) in [5, 5.41) is 3.89. The number of benzene rings is 1. The number of carbonyl (C=O) groups excluding carboxylic acids is 1. The van der Waals surface area contributed by atoms with Crippen molar-refractivity contribution >= 4 is 47.6 Å². The predicted molar refractivity (Wildman–Crippen MR) is 118 cm³/mol. The van der Waals surface area contributed by atoms with E-state index in [4.69, 9.17) is 26.8 Å². The van der Waals surface area contributed by atoms with Crippen LogP contribution in [0, 0.1) is 0 Å². The fourth-order valence-electron chi connectivity index (χ4n) is 2.83. The highest BCUT2D eigenvalue weighted by atomic mass is 127. The molecule has 1 fully saturated rings. The molecule has 1 aliphatic rings. The van der Waals surface area contributed by atoms with Gasteiger partial charge in [0.1, 0.15) is 5.75 Å². The molecule has 0 saturated carbocycles. The Morgan fingerprint density at radius 3 is 2.70 bits per heavy atom. The Hall–Kier alpha value is -1.42. The minimum absolute atomic E-state index is 0. The van der Waals surface area contributed by atoms with Crippen LogP contribution in [-0.2, 0) is 11.2 Å². The first-order chi connectivity index (χ1) is 12.5. The zero-order valence-electron chi connectivity index (χ0n) is 15.7. The summed E-state index contributed by atoms with van der Waals surface area (Å²) in [4.78, 5) is 17.8. The average Bonchev–Trinajstić information content (AvgIpc) is 2.63. The van der Waals surface area contributed by atoms with Crippen molar-refractivity contribution in [1.29, 1.82) is 0 Å². The summed E-state index contributed by atoms with van der Waals surface area (Å²) in [7, 11) is 1.61. The topological polar surface area (TPSA) is 89.2 Å². The summed E-state index contributed by atoms with van der Waals surface area (Å²) in [6.45, 7) is 4.07. The number of aliphatic imine (C=N–C) groups is 1. The quantitative estimate of drug-likeness (QED) is 0.349. The average molecular weight is 511 g/mol. The molecule has 0 unspecified atom stereocenters. The van der Waals surface area contributed by atoms with Gasteiger partial charge in [-0.3, -0.25) is 4.99 Å². The molecule has 7 nitrogen and oxygen atoms in total. The van der Waals surface area contributed by atoms with Crippen LogP contribution in [0.4, 0.5) is 4.79 Å². The lowest BCUT2D eigenvalue weighted by Crippen LogP contribution is -2.48. The first-order valence-corrected chi connectivity index (χ1v) is 9.21. The maximum atomic E-state index is 11.7. The van der Waals surface area contributed by atoms with Gasteiger partial charge in [-0.15, -0.1) is 24.0 Å². The molecule has 1 aromatic carbocycles. The monoisotopic (exact) mass is 510 g/mol. The second kappa shape index (κ2) is 12.1. The summed E-state index contributed by atoms with van der Waals surface area (Å²) >= 11 is 6.22. The predicted octanol–water partition coefficient (Wildman–Crippen LogP) is 3.03. The molecular weight excluding hydrogens is 483 g/mol. The molecule has 9 heteroatoms. The first kappa shape index (κ1) is 23.6. The third-order valence-electron chi connectivity index (χ3n) is 4.30. The van der Waals surface area contributed by atoms with Gasteiger partial charge in [0.25, 0.3) is 0 Å². The smallest absolute Gasteiger partial charge is 0.409 e. The van der Waals surface area contributed by atoms with Gasteiger partial charge in [0, 0.05) is 30.7 Å². The van der Waals surface area contributed by atoms with Crippen molar-refractivity contribution in [3.8, 4) is 5.75 Å². The van der Waals surface area contributed by atoms with Gasteiger partial charge in [-0.25, -0.2) is 4.79 Å². The molecule has 1 aromatic rings. The van der Waals surface area contributed by atoms with Crippen LogP contribution >= 0.6 is 35.6 Å². The number of nitrogens with zero attached hydrogens (tertiary/aromatic N) is 2. The number of likely N-dealkylation sites (tertiary alicyclic amines) is 1. The van der Waals surface area contributed by atoms with Crippen molar-refractivity contribution in [1.82, 2.24) is 10.2 Å². The van der Waals surface area contributed by atoms with Crippen molar-refractivity contribution in [2.75, 3.05) is 33.4 Å². The number of carbonyl (C=O) groups is 1. The van der Waals surface area contributed by atoms with Crippen molar-refractivity contribution in [3.05, 3.63) is 28.8 Å². The highest BCUT2D eigenvalue weighted by Crippen LogP contribution is 2.22. The Labute approximate surface area is 182 Å². The van der Waals surface area contributed by atoms with E-state index in [1.165, 1.54) is 0 Å². The van der Waals surface area contributed by atoms with Crippen molar-refractivity contribution < 1.29 is 14.3 Å². The standard InChI is InChI=1S/C18H27ClN4O3.HI/c1-3-26-18(24)23-10-7-14(8-11-23)22-17(20)21-9-6-13-4-5-15(25-2)12-16(13)19;/h4-5,12,14H,3,6-11H2,1-2H3,(H3,20,21,22);1H. The van der Waals surface area contributed by atoms with E-state index in [1.807, 2.05) is 19.1 Å². The van der Waals surface area contributed by atoms with Crippen molar-refractivity contribution in [2.45, 2.75) is 32.2 Å². The van der Waals surface area contributed by atoms with E-state index in [0.29, 0.717) is 43.6 Å². The fourth-order valence-corrected chi connectivity index (χ4v) is 3.10. The number of hydrogen-bond donors (Lipinski definition) is 2. The summed E-state index contributed by atoms with van der Waals surface area (Å²) in [5.74, 6) is 1.15. The van der Waals surface area contributed by atoms with E-state index in [-0.39, 0.29) is 36.1 Å². The van der Waals surface area contributed by atoms with Crippen LogP contribution in [0.3, 0.4) is 0 Å². The van der Waals surface area contributed by atoms with Gasteiger partial charge in [0.05, 0.1) is 13.7 Å². The van der Waals surface area contributed by atoms with E-state index in [0.717, 1.165) is 24.2 Å². The molecule has 0 aliphatic carbocycles. The third kappa shape index (κ3) is 7.61. The lowest BCUT2D eigenvalue weighted by Gasteiger charge is -2.31. The zero-order valence-corrected chi connectivity index (χ0v) is 18.8. The maximum absolute atomic E-state index is 11.7. The molecule has 2 rings (SSSR count). The van der Waals surface area contributed by atoms with Crippen molar-refractivity contribution in [3.63, 3.8) is 0 Å². The van der Waals surface area contributed by atoms with Crippen LogP contribution in [0.15, 0.2) is 23.2 Å². The van der Waals surface area contributed by atoms with Gasteiger partial charge in [-0.1, -0.05) is 17.7 Å². The van der Waals surface area contributed by atoms with E-state index in [9.17, 15) is 4.79 Å². The van der Waals surface area contributed by atoms with Gasteiger partial charge in [0.15, 0.2) is 5.96 Å². The third-order valence-corrected chi connectivity index (χ3v) is 4.65. The van der Waals surface area contributed by atoms with Crippen LogP contribution in [-0.4, -0.2) is 56.3 Å². The normalized spacial score (nSPS) is 15.1. The number of amides is 1. The molecule has 0 spiro atoms. The van der Waals surface area contributed by atoms with Gasteiger partial charge < -0.3 is 25.4 Å². The van der Waals surface area contributed by atoms with Crippen LogP contribution in [0.2, 0.25) is 5.02 Å². The molecule has 0 aromatic heterocycles. The van der Waals surface area contributed by atoms with Gasteiger partial charge in [0.2, 0.25) is 0 Å². The van der Waals surface area contributed by atoms with Gasteiger partial charge in [-0.2, -0.15) is 0 Å². The molecule has 0 radical (unpaired) electrons. The van der Waals surface area contributed by atoms with E-state index in [2.05, 4.69) is 10.3 Å². The molecule has 1 heterocycles. The largest absolute Gasteiger partial charge is 0.497 e. The Morgan fingerprint density at radius 1 is 1.41 bits per heavy atom. The molecule has 0 atom stereocenters. The fraction of sp³-hybridized carbons (Fsp3) is 0.556. The molecule has 152 valence electrons. The van der Waals surface area contributed by atoms with Gasteiger partial charge >= 0.3 is 6.09 Å². The Balaban J connectivity index is 0.00000364. The lowest BCUT2D eigenvalue weighted by atomic mass is 10.1. The van der Waals surface area contributed by atoms with Crippen LogP contribution in [0.25, 0.3) is 0 Å². The number of rotatable bonds is 6. The summed E-state index contributed by atoms with van der Waals surface area (Å²) < 4.78 is 10.2. The van der Waals surface area contributed by atoms with Gasteiger partial charge in [-0.05, 0) is 43.9 Å². The number of nitrogens with one attached hydrogen (secondary N) is 1. The Morgan fingerprint density at radius 2 is 2.11 bits per heavy atom. The zero-order chi connectivity index (χ0) is 18.9. The molecule has 27 heavy (non-hydrogen) atoms. The molecule has 1 saturated heterocycles. The van der Waals surface area contributed by atoms with Crippen molar-refractivity contribution in [2.24, 2.45) is 10.7 Å². The number of halogens is 2. The van der Waals surface area contributed by atoms with Crippen LogP contribution in [0.5, 0.6) is 5.75 Å². The van der Waals surface area contributed by atoms with E-state index < -0.39 is 0 Å². The Kier molecular flexibility index (Phi) is 10.6. The second-order valence-electron chi connectivity index (χ2n) is 6.08. The van der Waals surface area contributed by atoms with E-state index in [1.54, 1.807) is 18.1 Å². The number of ether oxygens (including phenoxy) is 2. The molecular formula is C18H28ClIN4O3. The SMILES string of the molecule is CCOC(=O)N1CCC(NC(N)=NCCc2ccc(OC)cc2Cl)CC1.I. The summed E-state index contributed by atoms with van der Waals surface area (Å²) in [5.41, 5.74) is 6.98. The minimum Gasteiger partial charge on any atom is -0.497 e. The molecule has 0 bridgehead atoms. The molecule has 1 aliphatic heterocycles. The number of nitrogens with two attached hydrogens (primary N) is 1. The number of guanidine groups is 1. The minimum atomic E-state index is -0.246. The lowest BCUT2D eigenvalue weighted by molar-refractivity contribution is 0.0963. The van der Waals surface area contributed by atoms with Crippen LogP contribution < -0.4 is 15.8 Å². The highest BCUT2D eigenvalue weighted by molar-refractivity contribution is 14.0. The number of hydrogen-bond acceptors (Lipinski definition) is 4. The first-order valence-electron chi connectivity index (χ1n) is 8.84. The van der Waals surface area contributed by atoms with E-state index >= 15 is 0 Å². The highest BCUT2D eigenvalue weighted by Gasteiger charge is 2.23. The van der Waals surface area contributed by atoms with Crippen LogP contribution in [0.1, 0.15) is 25.3 Å². The maximum Gasteiger partial charge on any atom is 0.409 e. The number of methoxy groups -OCH3 is 1. The number of piperidine rings is 1. The summed E-state index contributed by atoms with van der Waals surface area (Å²) in [6, 6.07) is 5.82. The summed E-state index contributed by atoms with van der Waals surface area (Å²) in [6.07, 6.45) is 2.09. The molecule has 3 N–H and O–H groups in total. The second-order valence-corrected chi connectivity index (χ2v) is 6.49.